The maximum absolute atomic E-state index is 11.6. The molecule has 0 bridgehead atoms. The molecular formula is C15H17NNaO4P. The van der Waals surface area contributed by atoms with Crippen LogP contribution >= 0.6 is 7.60 Å². The summed E-state index contributed by atoms with van der Waals surface area (Å²) < 4.78 is 16.6. The second kappa shape index (κ2) is 8.85. The van der Waals surface area contributed by atoms with Crippen molar-refractivity contribution in [3.8, 4) is 5.75 Å². The predicted molar refractivity (Wildman–Crippen MR) is 78.8 cm³/mol. The normalized spacial score (nSPS) is 14.5. The Morgan fingerprint density at radius 2 is 1.77 bits per heavy atom. The molecule has 2 unspecified atom stereocenters. The van der Waals surface area contributed by atoms with Gasteiger partial charge in [-0.05, 0) is 23.3 Å². The van der Waals surface area contributed by atoms with Crippen molar-refractivity contribution in [2.45, 2.75) is 12.3 Å². The topological polar surface area (TPSA) is 81.6 Å². The summed E-state index contributed by atoms with van der Waals surface area (Å²) in [4.78, 5) is 21.0. The second-order valence-corrected chi connectivity index (χ2v) is 6.25. The molecule has 0 radical (unpaired) electrons. The van der Waals surface area contributed by atoms with Gasteiger partial charge in [-0.1, -0.05) is 42.5 Å². The van der Waals surface area contributed by atoms with Crippen molar-refractivity contribution in [1.29, 1.82) is 0 Å². The van der Waals surface area contributed by atoms with E-state index in [-0.39, 0.29) is 29.6 Å². The predicted octanol–water partition coefficient (Wildman–Crippen LogP) is -0.967. The summed E-state index contributed by atoms with van der Waals surface area (Å²) in [7, 11) is -3.03. The third-order valence-corrected chi connectivity index (χ3v) is 4.23. The maximum Gasteiger partial charge on any atom is 1.00 e. The number of hydrogen-bond donors (Lipinski definition) is 2. The zero-order valence-electron chi connectivity index (χ0n) is 12.6. The molecule has 7 heteroatoms. The summed E-state index contributed by atoms with van der Waals surface area (Å²) in [5.41, 5.74) is 1.40. The zero-order chi connectivity index (χ0) is 15.3. The molecule has 112 valence electrons. The molecule has 0 heterocycles. The van der Waals surface area contributed by atoms with Crippen LogP contribution in [-0.2, 0) is 11.1 Å². The van der Waals surface area contributed by atoms with E-state index in [9.17, 15) is 14.4 Å². The minimum Gasteiger partial charge on any atom is -0.777 e. The fourth-order valence-corrected chi connectivity index (χ4v) is 2.89. The van der Waals surface area contributed by atoms with Crippen LogP contribution in [-0.4, -0.2) is 12.0 Å². The number of ether oxygens (including phenoxy) is 1. The molecule has 0 saturated heterocycles. The van der Waals surface area contributed by atoms with Gasteiger partial charge in [0.15, 0.2) is 7.60 Å². The molecule has 0 fully saturated rings. The van der Waals surface area contributed by atoms with Gasteiger partial charge in [0.25, 0.3) is 0 Å². The van der Waals surface area contributed by atoms with Crippen LogP contribution in [0.1, 0.15) is 16.9 Å². The molecule has 2 atom stereocenters. The maximum atomic E-state index is 11.6. The van der Waals surface area contributed by atoms with Gasteiger partial charge >= 0.3 is 29.6 Å². The summed E-state index contributed by atoms with van der Waals surface area (Å²) in [5.74, 6) is -0.525. The Bertz CT molecular complexity index is 615. The molecule has 0 aromatic heterocycles. The summed E-state index contributed by atoms with van der Waals surface area (Å²) in [5, 5.41) is 2.86. The fraction of sp³-hybridized carbons (Fsp3) is 0.200. The smallest absolute Gasteiger partial charge is 0.777 e. The third kappa shape index (κ3) is 5.52. The summed E-state index contributed by atoms with van der Waals surface area (Å²) in [6, 6.07) is 15.9. The van der Waals surface area contributed by atoms with Crippen LogP contribution in [0.5, 0.6) is 5.75 Å². The van der Waals surface area contributed by atoms with E-state index in [0.717, 1.165) is 5.56 Å². The van der Waals surface area contributed by atoms with Gasteiger partial charge in [-0.3, -0.25) is 5.32 Å². The van der Waals surface area contributed by atoms with Crippen molar-refractivity contribution >= 4 is 7.60 Å². The Labute approximate surface area is 152 Å². The number of benzene rings is 2. The number of nitrogens with one attached hydrogen (secondary N) is 1. The largest absolute Gasteiger partial charge is 1.00 e. The van der Waals surface area contributed by atoms with E-state index < -0.39 is 13.4 Å². The van der Waals surface area contributed by atoms with E-state index in [1.165, 1.54) is 7.11 Å². The fourth-order valence-electron chi connectivity index (χ4n) is 2.02. The average Bonchev–Trinajstić information content (AvgIpc) is 2.48. The number of rotatable bonds is 6. The van der Waals surface area contributed by atoms with Gasteiger partial charge in [-0.25, -0.2) is 0 Å². The van der Waals surface area contributed by atoms with Crippen molar-refractivity contribution in [2.75, 3.05) is 7.11 Å². The van der Waals surface area contributed by atoms with Gasteiger partial charge in [-0.15, -0.1) is 0 Å². The molecule has 0 aliphatic heterocycles. The first kappa shape index (κ1) is 19.4. The Morgan fingerprint density at radius 3 is 2.27 bits per heavy atom. The SMILES string of the molecule is COc1ccc(C(NCc2ccccc2)P(=O)([O-])O)cc1.[Na+]. The average molecular weight is 329 g/mol. The Morgan fingerprint density at radius 1 is 1.18 bits per heavy atom. The molecular weight excluding hydrogens is 312 g/mol. The third-order valence-electron chi connectivity index (χ3n) is 3.10. The monoisotopic (exact) mass is 329 g/mol. The van der Waals surface area contributed by atoms with Gasteiger partial charge in [0.2, 0.25) is 0 Å². The van der Waals surface area contributed by atoms with Crippen LogP contribution in [0.3, 0.4) is 0 Å². The van der Waals surface area contributed by atoms with Crippen molar-refractivity contribution < 1.29 is 48.6 Å². The van der Waals surface area contributed by atoms with Gasteiger partial charge in [0, 0.05) is 6.54 Å². The van der Waals surface area contributed by atoms with E-state index in [1.54, 1.807) is 24.3 Å². The molecule has 0 spiro atoms. The molecule has 5 nitrogen and oxygen atoms in total. The van der Waals surface area contributed by atoms with Crippen molar-refractivity contribution in [3.63, 3.8) is 0 Å². The van der Waals surface area contributed by atoms with Gasteiger partial charge in [0.1, 0.15) is 5.75 Å². The van der Waals surface area contributed by atoms with E-state index in [0.29, 0.717) is 17.9 Å². The molecule has 22 heavy (non-hydrogen) atoms. The Balaban J connectivity index is 0.00000242. The standard InChI is InChI=1S/C15H18NO4P.Na/c1-20-14-9-7-13(8-10-14)15(21(17,18)19)16-11-12-5-3-2-4-6-12;/h2-10,15-16H,11H2,1H3,(H2,17,18,19);/q;+1/p-1. The minimum absolute atomic E-state index is 0. The first-order valence-corrected chi connectivity index (χ1v) is 8.10. The summed E-state index contributed by atoms with van der Waals surface area (Å²) in [6.07, 6.45) is 0. The van der Waals surface area contributed by atoms with E-state index in [1.807, 2.05) is 30.3 Å². The van der Waals surface area contributed by atoms with E-state index >= 15 is 0 Å². The molecule has 2 aromatic carbocycles. The van der Waals surface area contributed by atoms with Gasteiger partial charge in [-0.2, -0.15) is 0 Å². The molecule has 0 aliphatic rings. The molecule has 0 aliphatic carbocycles. The van der Waals surface area contributed by atoms with Crippen LogP contribution in [0.4, 0.5) is 0 Å². The number of methoxy groups -OCH3 is 1. The summed E-state index contributed by atoms with van der Waals surface area (Å²) in [6.45, 7) is 0.338. The van der Waals surface area contributed by atoms with Crippen molar-refractivity contribution in [2.24, 2.45) is 0 Å². The molecule has 2 N–H and O–H groups in total. The van der Waals surface area contributed by atoms with Crippen LogP contribution in [0.15, 0.2) is 54.6 Å². The van der Waals surface area contributed by atoms with Crippen LogP contribution in [0.25, 0.3) is 0 Å². The molecule has 2 rings (SSSR count). The van der Waals surface area contributed by atoms with Crippen LogP contribution in [0.2, 0.25) is 0 Å². The van der Waals surface area contributed by atoms with Crippen LogP contribution < -0.4 is 44.5 Å². The Hall–Kier alpha value is -0.650. The van der Waals surface area contributed by atoms with Crippen LogP contribution in [0, 0.1) is 0 Å². The van der Waals surface area contributed by atoms with Crippen molar-refractivity contribution in [3.05, 3.63) is 65.7 Å². The molecule has 0 amide bonds. The Kier molecular flexibility index (Phi) is 7.80. The van der Waals surface area contributed by atoms with E-state index in [4.69, 9.17) is 4.74 Å². The quantitative estimate of drug-likeness (QED) is 0.527. The minimum atomic E-state index is -4.56. The van der Waals surface area contributed by atoms with E-state index in [2.05, 4.69) is 5.32 Å². The second-order valence-electron chi connectivity index (χ2n) is 4.61. The first-order chi connectivity index (χ1) is 10.0. The molecule has 2 aromatic rings. The molecule has 0 saturated carbocycles. The first-order valence-electron chi connectivity index (χ1n) is 6.45. The van der Waals surface area contributed by atoms with Crippen molar-refractivity contribution in [1.82, 2.24) is 5.32 Å². The van der Waals surface area contributed by atoms with Gasteiger partial charge < -0.3 is 19.1 Å². The van der Waals surface area contributed by atoms with Gasteiger partial charge in [0.05, 0.1) is 12.9 Å². The summed E-state index contributed by atoms with van der Waals surface area (Å²) >= 11 is 0. The number of hydrogen-bond acceptors (Lipinski definition) is 4. The zero-order valence-corrected chi connectivity index (χ0v) is 15.5.